The van der Waals surface area contributed by atoms with Crippen molar-refractivity contribution in [2.75, 3.05) is 62.4 Å². The van der Waals surface area contributed by atoms with Crippen LogP contribution in [0.15, 0.2) is 232 Å². The third-order valence-electron chi connectivity index (χ3n) is 23.1. The Kier molecular flexibility index (Phi) is 34.5. The summed E-state index contributed by atoms with van der Waals surface area (Å²) in [6, 6.07) is 50.8. The number of nitrogens with two attached hydrogens (primary N) is 8. The Labute approximate surface area is 849 Å². The molecule has 10 heterocycles. The number of amidine groups is 8. The van der Waals surface area contributed by atoms with Crippen molar-refractivity contribution in [1.29, 1.82) is 0 Å². The van der Waals surface area contributed by atoms with Gasteiger partial charge in [0.2, 0.25) is 9.84 Å². The standard InChI is InChI=1S/C14H12N2O4S2.C14H16N2O2S.C13H17N3O2S.C12H15N3O3S.C11H14N2O3S.C11H14N2O2S2.C11H10N2O2S.C10H12N2O3S/c15-14-13-10(9-21(17,18)16-14)5-4-8-12(13)22(19,20)11-6-2-1-3-7-11;15-14-13-11(9-19(17,18)16-14)7-4-8-12(13)10-5-2-1-3-6-10;14-13-12-10(9-19(17,18)15-13)5-4-6-11(12)16-7-2-1-3-8-16;13-12-11-9(8-19(16,17)14-12)2-1-3-10(11)15-4-6-18-7-5-15;1-2-6-16-9-5-3-4-8-7-17(14,15)13-11(12)10(8)9;1-7(2)16-9-5-3-4-8-6-17(14,15)13-11(12)10(8)9;1-2-4-8-5-3-6-9-7-16(14,15)13-11(12)10(8)9;1-2-15-8-5-3-4-7-6-16(13,14)12-10(11)9(7)8/h1-8H,9H2,(H2,15,16);4-5,7-8H,1-3,6,9H2,(H2,15,16);4-6H,1-3,7-9H2,(H2,14,15);1-3H,4-8H2,(H2,13,14);3-5H,2,6-7H2,1H3,(H2,12,13);3-5,7H,6H2,1-2H3,(H2,12,13);3,5-6H,7H2,1H3,(H2,12,13);3-5H,2,6H2,1H3,(H2,11,12). The van der Waals surface area contributed by atoms with Gasteiger partial charge in [-0.3, -0.25) is 0 Å². The van der Waals surface area contributed by atoms with Crippen molar-refractivity contribution < 1.29 is 90.0 Å². The number of thioether (sulfide) groups is 1. The highest BCUT2D eigenvalue weighted by Crippen LogP contribution is 2.39. The van der Waals surface area contributed by atoms with Crippen LogP contribution in [0.25, 0.3) is 5.57 Å². The highest BCUT2D eigenvalue weighted by Gasteiger charge is 2.36. The van der Waals surface area contributed by atoms with E-state index in [4.69, 9.17) is 60.1 Å². The van der Waals surface area contributed by atoms with E-state index in [0.29, 0.717) is 82.1 Å². The molecule has 0 atom stereocenters. The minimum absolute atomic E-state index is 0.00491. The molecule has 0 spiro atoms. The van der Waals surface area contributed by atoms with Gasteiger partial charge in [-0.25, -0.2) is 75.8 Å². The molecule has 9 aromatic carbocycles. The smallest absolute Gasteiger partial charge is 0.259 e. The molecule has 10 aliphatic heterocycles. The van der Waals surface area contributed by atoms with E-state index in [-0.39, 0.29) is 108 Å². The van der Waals surface area contributed by atoms with Crippen molar-refractivity contribution in [2.24, 2.45) is 81.1 Å². The second-order valence-corrected chi connectivity index (χ2v) is 51.0. The zero-order valence-corrected chi connectivity index (χ0v) is 87.8. The van der Waals surface area contributed by atoms with Gasteiger partial charge in [-0.15, -0.1) is 52.9 Å². The summed E-state index contributed by atoms with van der Waals surface area (Å²) in [6.45, 7) is 15.7. The maximum atomic E-state index is 12.8. The summed E-state index contributed by atoms with van der Waals surface area (Å²) in [6.07, 6.45) is 11.2. The molecule has 16 N–H and O–H groups in total. The van der Waals surface area contributed by atoms with Crippen LogP contribution in [-0.4, -0.2) is 180 Å². The van der Waals surface area contributed by atoms with Crippen LogP contribution in [0.1, 0.15) is 186 Å². The Morgan fingerprint density at radius 2 is 0.738 bits per heavy atom. The lowest BCUT2D eigenvalue weighted by Gasteiger charge is -2.31. The minimum Gasteiger partial charge on any atom is -0.493 e. The first-order chi connectivity index (χ1) is 68.5. The van der Waals surface area contributed by atoms with Crippen molar-refractivity contribution in [2.45, 2.75) is 152 Å². The summed E-state index contributed by atoms with van der Waals surface area (Å²) in [7, 11) is -31.7. The van der Waals surface area contributed by atoms with Gasteiger partial charge in [-0.2, -0.15) is 0 Å². The Morgan fingerprint density at radius 1 is 0.379 bits per heavy atom. The van der Waals surface area contributed by atoms with Gasteiger partial charge in [0.1, 0.15) is 58.2 Å². The summed E-state index contributed by atoms with van der Waals surface area (Å²) in [5.41, 5.74) is 61.4. The van der Waals surface area contributed by atoms with Crippen molar-refractivity contribution in [3.63, 3.8) is 0 Å². The third kappa shape index (κ3) is 27.7. The van der Waals surface area contributed by atoms with Crippen molar-refractivity contribution >= 4 is 165 Å². The lowest BCUT2D eigenvalue weighted by Crippen LogP contribution is -2.38. The Bertz CT molecular complexity index is 7950. The van der Waals surface area contributed by atoms with Crippen LogP contribution >= 0.6 is 11.8 Å². The number of sulfonamides is 8. The van der Waals surface area contributed by atoms with Crippen LogP contribution in [0, 0.1) is 11.8 Å². The number of rotatable bonds is 12. The zero-order valence-electron chi connectivity index (χ0n) is 79.6. The molecule has 0 saturated carbocycles. The predicted octanol–water partition coefficient (Wildman–Crippen LogP) is 8.56. The molecule has 49 heteroatoms. The molecule has 0 amide bonds. The van der Waals surface area contributed by atoms with Gasteiger partial charge in [-0.05, 0) is 175 Å². The molecule has 1 aliphatic carbocycles. The second-order valence-electron chi connectivity index (χ2n) is 34.3. The average Bonchev–Trinajstić information content (AvgIpc) is 0.744. The summed E-state index contributed by atoms with van der Waals surface area (Å²) in [5.74, 6) is 6.08. The fourth-order valence-electron chi connectivity index (χ4n) is 17.4. The minimum atomic E-state index is -3.81. The molecule has 39 nitrogen and oxygen atoms in total. The molecule has 0 unspecified atom stereocenters. The number of hydrogen-bond acceptors (Lipinski definition) is 32. The quantitative estimate of drug-likeness (QED) is 0.0419. The van der Waals surface area contributed by atoms with E-state index >= 15 is 0 Å². The molecule has 0 aromatic heterocycles. The van der Waals surface area contributed by atoms with Gasteiger partial charge < -0.3 is 69.9 Å². The Morgan fingerprint density at radius 3 is 1.17 bits per heavy atom. The monoisotopic (exact) mass is 2170 g/mol. The van der Waals surface area contributed by atoms with E-state index in [9.17, 15) is 75.8 Å². The number of allylic oxidation sites excluding steroid dienone is 2. The second kappa shape index (κ2) is 45.8. The largest absolute Gasteiger partial charge is 0.493 e. The van der Waals surface area contributed by atoms with E-state index in [0.717, 1.165) is 117 Å². The molecule has 145 heavy (non-hydrogen) atoms. The van der Waals surface area contributed by atoms with Crippen LogP contribution in [0.2, 0.25) is 0 Å². The van der Waals surface area contributed by atoms with Crippen LogP contribution in [-0.2, 0) is 141 Å². The normalized spacial score (nSPS) is 18.8. The number of hydrogen-bond donors (Lipinski definition) is 8. The van der Waals surface area contributed by atoms with Gasteiger partial charge in [0.25, 0.3) is 80.2 Å². The summed E-state index contributed by atoms with van der Waals surface area (Å²) in [4.78, 5) is 5.51. The van der Waals surface area contributed by atoms with E-state index < -0.39 is 90.0 Å². The van der Waals surface area contributed by atoms with Crippen LogP contribution < -0.4 is 65.1 Å². The molecule has 770 valence electrons. The molecular formula is C96H110N18O21S10. The van der Waals surface area contributed by atoms with E-state index in [2.05, 4.69) is 76.7 Å². The zero-order chi connectivity index (χ0) is 105. The number of fused-ring (bicyclic) bond motifs is 8. The first kappa shape index (κ1) is 109. The average molecular weight is 2170 g/mol. The first-order valence-electron chi connectivity index (χ1n) is 45.6. The molecule has 0 bridgehead atoms. The van der Waals surface area contributed by atoms with Gasteiger partial charge >= 0.3 is 0 Å². The van der Waals surface area contributed by atoms with E-state index in [1.54, 1.807) is 110 Å². The van der Waals surface area contributed by atoms with Crippen molar-refractivity contribution in [3.8, 4) is 23.3 Å². The van der Waals surface area contributed by atoms with Crippen LogP contribution in [0.3, 0.4) is 0 Å². The van der Waals surface area contributed by atoms with Crippen LogP contribution in [0.4, 0.5) is 11.4 Å². The Balaban J connectivity index is 0.000000139. The summed E-state index contributed by atoms with van der Waals surface area (Å²) >= 11 is 1.66. The molecule has 2 fully saturated rings. The van der Waals surface area contributed by atoms with E-state index in [1.165, 1.54) is 61.9 Å². The molecule has 20 rings (SSSR count). The fourth-order valence-corrected chi connectivity index (χ4v) is 28.6. The number of anilines is 2. The molecule has 0 radical (unpaired) electrons. The first-order valence-corrected chi connectivity index (χ1v) is 60.8. The topological polar surface area (TPSA) is 648 Å². The predicted molar refractivity (Wildman–Crippen MR) is 566 cm³/mol. The lowest BCUT2D eigenvalue weighted by atomic mass is 9.88. The SMILES string of the molecule is CC#Cc1cccc2c1C(N)=NS(=O)(=O)C2.CC(C)Sc1cccc2c1C(N)=NS(=O)(=O)C2.CCCOc1cccc2c1C(N)=NS(=O)(=O)C2.CCOc1cccc2c1C(N)=NS(=O)(=O)C2.NC1=NS(=O)(=O)Cc2cccc(C3=CCCCC3)c21.NC1=NS(=O)(=O)Cc2cccc(N3CCCCC3)c21.NC1=NS(=O)(=O)Cc2cccc(N3CCOCC3)c21.NC1=NS(=O)(=O)Cc2cccc(S(=O)(=O)c3ccccc3)c21. The number of benzene rings is 9. The maximum absolute atomic E-state index is 12.8. The molecular weight excluding hydrogens is 2060 g/mol. The van der Waals surface area contributed by atoms with Gasteiger partial charge in [0.05, 0.1) is 93.4 Å². The van der Waals surface area contributed by atoms with Gasteiger partial charge in [0, 0.05) is 86.6 Å². The molecule has 9 aromatic rings. The number of piperidine rings is 1. The van der Waals surface area contributed by atoms with Gasteiger partial charge in [-0.1, -0.05) is 154 Å². The number of nitrogens with zero attached hydrogens (tertiary/aromatic N) is 10. The maximum Gasteiger partial charge on any atom is 0.259 e. The number of sulfone groups is 1. The van der Waals surface area contributed by atoms with Crippen LogP contribution in [0.5, 0.6) is 11.5 Å². The van der Waals surface area contributed by atoms with Crippen molar-refractivity contribution in [1.82, 2.24) is 0 Å². The van der Waals surface area contributed by atoms with Gasteiger partial charge in [0.15, 0.2) is 0 Å². The summed E-state index contributed by atoms with van der Waals surface area (Å²) in [5, 5.41) is 0.410. The van der Waals surface area contributed by atoms with Crippen molar-refractivity contribution in [3.05, 3.63) is 282 Å². The molecule has 2 saturated heterocycles. The fraction of sp³-hybridized carbons (Fsp3) is 0.312. The Hall–Kier alpha value is -12.9. The lowest BCUT2D eigenvalue weighted by molar-refractivity contribution is 0.122. The highest BCUT2D eigenvalue weighted by atomic mass is 32.2. The summed E-state index contributed by atoms with van der Waals surface area (Å²) < 4.78 is 255. The highest BCUT2D eigenvalue weighted by molar-refractivity contribution is 8.00. The van der Waals surface area contributed by atoms with E-state index in [1.807, 2.05) is 74.5 Å². The number of morpholine rings is 1. The third-order valence-corrected chi connectivity index (χ3v) is 35.2. The molecule has 11 aliphatic rings. The number of ether oxygens (including phenoxy) is 3.